The molecular formula is C29H41NO6. The Kier molecular flexibility index (Phi) is 13.3. The van der Waals surface area contributed by atoms with E-state index in [1.165, 1.54) is 41.5 Å². The summed E-state index contributed by atoms with van der Waals surface area (Å²) in [5, 5.41) is 2.75. The van der Waals surface area contributed by atoms with Crippen molar-refractivity contribution < 1.29 is 28.5 Å². The summed E-state index contributed by atoms with van der Waals surface area (Å²) >= 11 is 0. The molecule has 0 bridgehead atoms. The van der Waals surface area contributed by atoms with Crippen molar-refractivity contribution in [2.75, 3.05) is 66.0 Å². The lowest BCUT2D eigenvalue weighted by Gasteiger charge is -2.14. The van der Waals surface area contributed by atoms with Crippen LogP contribution in [0.2, 0.25) is 0 Å². The quantitative estimate of drug-likeness (QED) is 0.269. The van der Waals surface area contributed by atoms with E-state index in [0.717, 1.165) is 13.0 Å². The van der Waals surface area contributed by atoms with E-state index in [1.807, 2.05) is 24.3 Å². The normalized spacial score (nSPS) is 12.4. The predicted octanol–water partition coefficient (Wildman–Crippen LogP) is 5.17. The van der Waals surface area contributed by atoms with E-state index >= 15 is 0 Å². The Morgan fingerprint density at radius 3 is 1.81 bits per heavy atom. The number of carbonyl (C=O) groups is 1. The van der Waals surface area contributed by atoms with E-state index in [4.69, 9.17) is 23.7 Å². The fourth-order valence-electron chi connectivity index (χ4n) is 4.27. The molecular weight excluding hydrogens is 458 g/mol. The van der Waals surface area contributed by atoms with Crippen LogP contribution >= 0.6 is 0 Å². The molecule has 0 saturated carbocycles. The Hall–Kier alpha value is -2.45. The number of benzene rings is 2. The van der Waals surface area contributed by atoms with Gasteiger partial charge in [0.05, 0.1) is 46.2 Å². The molecule has 3 rings (SSSR count). The molecule has 0 aromatic heterocycles. The van der Waals surface area contributed by atoms with Gasteiger partial charge in [-0.15, -0.1) is 0 Å². The first-order chi connectivity index (χ1) is 17.8. The first-order valence-corrected chi connectivity index (χ1v) is 13.2. The van der Waals surface area contributed by atoms with Gasteiger partial charge in [-0.05, 0) is 28.7 Å². The summed E-state index contributed by atoms with van der Waals surface area (Å²) in [5.41, 5.74) is 4.83. The third-order valence-corrected chi connectivity index (χ3v) is 6.12. The number of amides is 1. The molecule has 0 fully saturated rings. The lowest BCUT2D eigenvalue weighted by atomic mass is 9.98. The standard InChI is InChI=1S/C29H41NO6/c1-2-3-4-9-15-32-17-19-34-21-22-35-20-18-33-16-14-30-29(31)36-23-28-26-12-7-5-10-24(26)25-11-6-8-13-27(25)28/h5-8,10-13,28H,2-4,9,14-23H2,1H3,(H,30,31). The van der Waals surface area contributed by atoms with Crippen molar-refractivity contribution in [1.82, 2.24) is 5.32 Å². The van der Waals surface area contributed by atoms with Gasteiger partial charge in [0.25, 0.3) is 0 Å². The van der Waals surface area contributed by atoms with Crippen molar-refractivity contribution in [3.8, 4) is 11.1 Å². The van der Waals surface area contributed by atoms with Crippen LogP contribution in [-0.2, 0) is 23.7 Å². The fraction of sp³-hybridized carbons (Fsp3) is 0.552. The van der Waals surface area contributed by atoms with Crippen molar-refractivity contribution >= 4 is 6.09 Å². The summed E-state index contributed by atoms with van der Waals surface area (Å²) in [6, 6.07) is 16.6. The van der Waals surface area contributed by atoms with Crippen molar-refractivity contribution in [2.45, 2.75) is 38.5 Å². The average Bonchev–Trinajstić information content (AvgIpc) is 3.23. The number of nitrogens with one attached hydrogen (secondary N) is 1. The lowest BCUT2D eigenvalue weighted by Crippen LogP contribution is -2.29. The Morgan fingerprint density at radius 1 is 0.694 bits per heavy atom. The molecule has 7 nitrogen and oxygen atoms in total. The van der Waals surface area contributed by atoms with E-state index in [1.54, 1.807) is 0 Å². The maximum absolute atomic E-state index is 12.1. The topological polar surface area (TPSA) is 75.3 Å². The van der Waals surface area contributed by atoms with Crippen molar-refractivity contribution in [3.05, 3.63) is 59.7 Å². The number of hydrogen-bond donors (Lipinski definition) is 1. The second-order valence-corrected chi connectivity index (χ2v) is 8.76. The minimum absolute atomic E-state index is 0.0589. The van der Waals surface area contributed by atoms with Gasteiger partial charge < -0.3 is 29.0 Å². The van der Waals surface area contributed by atoms with Gasteiger partial charge in [0.15, 0.2) is 0 Å². The molecule has 2 aromatic rings. The first kappa shape index (κ1) is 28.1. The minimum Gasteiger partial charge on any atom is -0.449 e. The van der Waals surface area contributed by atoms with Crippen LogP contribution in [-0.4, -0.2) is 72.1 Å². The predicted molar refractivity (Wildman–Crippen MR) is 140 cm³/mol. The molecule has 0 saturated heterocycles. The van der Waals surface area contributed by atoms with E-state index in [0.29, 0.717) is 59.4 Å². The summed E-state index contributed by atoms with van der Waals surface area (Å²) in [6.07, 6.45) is 4.44. The van der Waals surface area contributed by atoms with Gasteiger partial charge in [-0.1, -0.05) is 74.7 Å². The van der Waals surface area contributed by atoms with Gasteiger partial charge in [-0.25, -0.2) is 4.79 Å². The molecule has 1 aliphatic carbocycles. The van der Waals surface area contributed by atoms with Crippen LogP contribution in [0, 0.1) is 0 Å². The molecule has 0 radical (unpaired) electrons. The highest BCUT2D eigenvalue weighted by atomic mass is 16.6. The van der Waals surface area contributed by atoms with E-state index in [2.05, 4.69) is 36.5 Å². The summed E-state index contributed by atoms with van der Waals surface area (Å²) in [6.45, 7) is 7.36. The molecule has 0 aliphatic heterocycles. The summed E-state index contributed by atoms with van der Waals surface area (Å²) < 4.78 is 27.5. The molecule has 0 heterocycles. The maximum atomic E-state index is 12.1. The zero-order valence-electron chi connectivity index (χ0n) is 21.5. The zero-order valence-corrected chi connectivity index (χ0v) is 21.5. The van der Waals surface area contributed by atoms with Gasteiger partial charge in [-0.3, -0.25) is 0 Å². The number of hydrogen-bond acceptors (Lipinski definition) is 6. The molecule has 0 atom stereocenters. The minimum atomic E-state index is -0.432. The van der Waals surface area contributed by atoms with Crippen molar-refractivity contribution in [1.29, 1.82) is 0 Å². The van der Waals surface area contributed by atoms with Crippen LogP contribution < -0.4 is 5.32 Å². The molecule has 2 aromatic carbocycles. The van der Waals surface area contributed by atoms with Gasteiger partial charge in [0.1, 0.15) is 6.61 Å². The second-order valence-electron chi connectivity index (χ2n) is 8.76. The van der Waals surface area contributed by atoms with E-state index in [-0.39, 0.29) is 5.92 Å². The smallest absolute Gasteiger partial charge is 0.407 e. The number of carbonyl (C=O) groups excluding carboxylic acids is 1. The highest BCUT2D eigenvalue weighted by Gasteiger charge is 2.28. The van der Waals surface area contributed by atoms with Crippen LogP contribution in [0.5, 0.6) is 0 Å². The number of fused-ring (bicyclic) bond motifs is 3. The van der Waals surface area contributed by atoms with Crippen LogP contribution in [0.3, 0.4) is 0 Å². The van der Waals surface area contributed by atoms with Gasteiger partial charge in [-0.2, -0.15) is 0 Å². The van der Waals surface area contributed by atoms with E-state index in [9.17, 15) is 4.79 Å². The number of rotatable bonds is 19. The SMILES string of the molecule is CCCCCCOCCOCCOCCOCCNC(=O)OCC1c2ccccc2-c2ccccc21. The fourth-order valence-corrected chi connectivity index (χ4v) is 4.27. The van der Waals surface area contributed by atoms with Gasteiger partial charge in [0, 0.05) is 19.1 Å². The van der Waals surface area contributed by atoms with Crippen LogP contribution in [0.25, 0.3) is 11.1 Å². The molecule has 198 valence electrons. The molecule has 1 N–H and O–H groups in total. The molecule has 1 aliphatic rings. The second kappa shape index (κ2) is 17.1. The lowest BCUT2D eigenvalue weighted by molar-refractivity contribution is -0.00180. The van der Waals surface area contributed by atoms with Crippen LogP contribution in [0.15, 0.2) is 48.5 Å². The van der Waals surface area contributed by atoms with Gasteiger partial charge >= 0.3 is 6.09 Å². The first-order valence-electron chi connectivity index (χ1n) is 13.2. The number of unbranched alkanes of at least 4 members (excludes halogenated alkanes) is 3. The Morgan fingerprint density at radius 2 is 1.22 bits per heavy atom. The third kappa shape index (κ3) is 9.54. The van der Waals surface area contributed by atoms with Crippen LogP contribution in [0.4, 0.5) is 4.79 Å². The summed E-state index contributed by atoms with van der Waals surface area (Å²) in [4.78, 5) is 12.1. The highest BCUT2D eigenvalue weighted by Crippen LogP contribution is 2.44. The Labute approximate surface area is 215 Å². The molecule has 1 amide bonds. The average molecular weight is 500 g/mol. The summed E-state index contributed by atoms with van der Waals surface area (Å²) in [5.74, 6) is 0.0589. The number of ether oxygens (including phenoxy) is 5. The van der Waals surface area contributed by atoms with Crippen LogP contribution in [0.1, 0.15) is 49.7 Å². The zero-order chi connectivity index (χ0) is 25.3. The number of alkyl carbamates (subject to hydrolysis) is 1. The van der Waals surface area contributed by atoms with Crippen molar-refractivity contribution in [3.63, 3.8) is 0 Å². The third-order valence-electron chi connectivity index (χ3n) is 6.12. The van der Waals surface area contributed by atoms with Crippen molar-refractivity contribution in [2.24, 2.45) is 0 Å². The van der Waals surface area contributed by atoms with E-state index < -0.39 is 6.09 Å². The Bertz CT molecular complexity index is 844. The Balaban J connectivity index is 1.14. The van der Waals surface area contributed by atoms with Gasteiger partial charge in [0.2, 0.25) is 0 Å². The summed E-state index contributed by atoms with van der Waals surface area (Å²) in [7, 11) is 0. The molecule has 0 spiro atoms. The molecule has 0 unspecified atom stereocenters. The largest absolute Gasteiger partial charge is 0.449 e. The monoisotopic (exact) mass is 499 g/mol. The highest BCUT2D eigenvalue weighted by molar-refractivity contribution is 5.79. The molecule has 7 heteroatoms. The maximum Gasteiger partial charge on any atom is 0.407 e. The molecule has 36 heavy (non-hydrogen) atoms.